The fourth-order valence-corrected chi connectivity index (χ4v) is 18.9. The van der Waals surface area contributed by atoms with Crippen LogP contribution in [-0.4, -0.2) is 149 Å². The molecule has 4 aliphatic heterocycles. The van der Waals surface area contributed by atoms with Gasteiger partial charge in [-0.25, -0.2) is 18.4 Å². The Kier molecular flexibility index (Phi) is 19.3. The molecule has 2 aromatic heterocycles. The van der Waals surface area contributed by atoms with E-state index in [1.165, 1.54) is 19.6 Å². The second-order valence-electron chi connectivity index (χ2n) is 26.0. The van der Waals surface area contributed by atoms with E-state index in [4.69, 9.17) is 38.6 Å². The summed E-state index contributed by atoms with van der Waals surface area (Å²) in [4.78, 5) is 49.3. The van der Waals surface area contributed by atoms with E-state index in [1.807, 2.05) is 30.6 Å². The molecule has 0 N–H and O–H groups in total. The number of piperazine rings is 1. The quantitative estimate of drug-likeness (QED) is 0.0407. The van der Waals surface area contributed by atoms with Gasteiger partial charge in [-0.15, -0.1) is 5.54 Å². The van der Waals surface area contributed by atoms with Crippen molar-refractivity contribution in [1.82, 2.24) is 29.7 Å². The molecule has 0 aliphatic carbocycles. The van der Waals surface area contributed by atoms with E-state index in [2.05, 4.69) is 82.4 Å². The SMILES string of the molecule is COCOc1cc(-c2ncc3c(N4CC5CCC(C4)N5C(=O)OC(C)(C)C)nc(OCCCN4CCC(CC5CCN(C(=O)OCC[Si](C)(C)C)CC5)CC4)nc3c2F)c2c(C#C[Si](C(C)C)(C(C)C)C(C)C)c(F)ccc2c1. The summed E-state index contributed by atoms with van der Waals surface area (Å²) in [6, 6.07) is 7.30. The third-order valence-electron chi connectivity index (χ3n) is 17.1. The standard InChI is InChI=1S/C61H89F2N7O7Si2/c1-40(2)79(41(3)4,42(5)6)31-23-49-52(62)18-15-45-34-48(76-39-73-10)35-50(53(45)49)55-54(63)56-51(36-64-55)57(69-37-46-16-17-47(38-69)70(46)60(72)77-61(7,8)9)66-58(65-56)74-29-14-24-67-25-19-43(20-26-67)33-44-21-27-68(28-22-44)59(71)75-30-32-78(11,12)13/h15,18,34-36,40-44,46-47H,14,16-17,19-22,24-30,32-33,37-39H2,1-13H3. The number of rotatable bonds is 18. The summed E-state index contributed by atoms with van der Waals surface area (Å²) in [5.74, 6) is 4.32. The first-order valence-electron chi connectivity index (χ1n) is 29.3. The molecule has 4 aliphatic rings. The molecule has 79 heavy (non-hydrogen) atoms. The van der Waals surface area contributed by atoms with Gasteiger partial charge in [-0.1, -0.05) is 73.2 Å². The highest BCUT2D eigenvalue weighted by Crippen LogP contribution is 2.44. The molecule has 4 saturated heterocycles. The lowest BCUT2D eigenvalue weighted by atomic mass is 9.83. The minimum Gasteiger partial charge on any atom is -0.468 e. The van der Waals surface area contributed by atoms with Gasteiger partial charge in [0.15, 0.2) is 12.6 Å². The maximum atomic E-state index is 18.0. The molecule has 8 rings (SSSR count). The van der Waals surface area contributed by atoms with Gasteiger partial charge < -0.3 is 38.4 Å². The van der Waals surface area contributed by atoms with Crippen LogP contribution in [0, 0.1) is 34.9 Å². The van der Waals surface area contributed by atoms with Gasteiger partial charge in [-0.3, -0.25) is 9.88 Å². The number of piperidine rings is 2. The predicted octanol–water partition coefficient (Wildman–Crippen LogP) is 13.3. The van der Waals surface area contributed by atoms with Gasteiger partial charge in [0, 0.05) is 65.1 Å². The smallest absolute Gasteiger partial charge is 0.410 e. The maximum Gasteiger partial charge on any atom is 0.410 e. The van der Waals surface area contributed by atoms with Gasteiger partial charge in [0.2, 0.25) is 0 Å². The number of likely N-dealkylation sites (tertiary alicyclic amines) is 2. The number of benzene rings is 2. The number of anilines is 1. The minimum atomic E-state index is -2.33. The Labute approximate surface area is 471 Å². The molecule has 14 nitrogen and oxygen atoms in total. The second-order valence-corrected chi connectivity index (χ2v) is 37.2. The summed E-state index contributed by atoms with van der Waals surface area (Å²) >= 11 is 0. The van der Waals surface area contributed by atoms with Gasteiger partial charge in [0.05, 0.1) is 36.2 Å². The maximum absolute atomic E-state index is 18.0. The Bertz CT molecular complexity index is 2810. The summed E-state index contributed by atoms with van der Waals surface area (Å²) in [5, 5.41) is 1.44. The number of hydrogen-bond acceptors (Lipinski definition) is 12. The zero-order valence-corrected chi connectivity index (χ0v) is 51.6. The van der Waals surface area contributed by atoms with Crippen LogP contribution in [0.25, 0.3) is 32.9 Å². The van der Waals surface area contributed by atoms with Crippen LogP contribution < -0.4 is 14.4 Å². The Morgan fingerprint density at radius 1 is 0.823 bits per heavy atom. The van der Waals surface area contributed by atoms with Crippen molar-refractivity contribution in [2.24, 2.45) is 11.8 Å². The fraction of sp³-hybridized carbons (Fsp3) is 0.656. The fourth-order valence-electron chi connectivity index (χ4n) is 13.0. The van der Waals surface area contributed by atoms with Crippen molar-refractivity contribution in [3.63, 3.8) is 0 Å². The number of hydrogen-bond donors (Lipinski definition) is 0. The molecule has 4 aromatic rings. The Hall–Kier alpha value is -5.10. The van der Waals surface area contributed by atoms with Crippen LogP contribution in [0.2, 0.25) is 42.3 Å². The van der Waals surface area contributed by atoms with Crippen LogP contribution in [0.1, 0.15) is 119 Å². The predicted molar refractivity (Wildman–Crippen MR) is 315 cm³/mol. The topological polar surface area (TPSA) is 132 Å². The largest absolute Gasteiger partial charge is 0.468 e. The normalized spacial score (nSPS) is 19.0. The Balaban J connectivity index is 1.04. The number of aromatic nitrogens is 3. The molecule has 0 spiro atoms. The molecule has 432 valence electrons. The molecular formula is C61H89F2N7O7Si2. The molecule has 0 saturated carbocycles. The number of fused-ring (bicyclic) bond motifs is 4. The number of pyridine rings is 1. The molecule has 2 amide bonds. The summed E-state index contributed by atoms with van der Waals surface area (Å²) in [6.45, 7) is 31.9. The Morgan fingerprint density at radius 2 is 1.47 bits per heavy atom. The molecule has 4 fully saturated rings. The molecule has 6 heterocycles. The number of amides is 2. The first-order valence-corrected chi connectivity index (χ1v) is 35.2. The lowest BCUT2D eigenvalue weighted by molar-refractivity contribution is 0.0122. The Morgan fingerprint density at radius 3 is 2.08 bits per heavy atom. The molecule has 0 radical (unpaired) electrons. The number of nitrogens with zero attached hydrogens (tertiary/aromatic N) is 7. The number of methoxy groups -OCH3 is 1. The van der Waals surface area contributed by atoms with E-state index in [-0.39, 0.29) is 53.8 Å². The van der Waals surface area contributed by atoms with Crippen molar-refractivity contribution >= 4 is 55.8 Å². The van der Waals surface area contributed by atoms with E-state index in [9.17, 15) is 9.59 Å². The minimum absolute atomic E-state index is 0.0169. The summed E-state index contributed by atoms with van der Waals surface area (Å²) in [7, 11) is -2.06. The van der Waals surface area contributed by atoms with Crippen LogP contribution in [0.5, 0.6) is 11.8 Å². The summed E-state index contributed by atoms with van der Waals surface area (Å²) in [5.41, 5.74) is 4.45. The average Bonchev–Trinajstić information content (AvgIpc) is 3.67. The van der Waals surface area contributed by atoms with Crippen LogP contribution in [0.15, 0.2) is 30.5 Å². The van der Waals surface area contributed by atoms with Crippen molar-refractivity contribution in [3.8, 4) is 34.5 Å². The highest BCUT2D eigenvalue weighted by Gasteiger charge is 2.46. The first kappa shape index (κ1) is 60.0. The van der Waals surface area contributed by atoms with E-state index in [0.717, 1.165) is 83.7 Å². The van der Waals surface area contributed by atoms with E-state index in [0.29, 0.717) is 88.1 Å². The lowest BCUT2D eigenvalue weighted by Gasteiger charge is -2.42. The third-order valence-corrected chi connectivity index (χ3v) is 25.1. The summed E-state index contributed by atoms with van der Waals surface area (Å²) < 4.78 is 63.7. The van der Waals surface area contributed by atoms with Crippen LogP contribution >= 0.6 is 0 Å². The molecule has 2 aromatic carbocycles. The van der Waals surface area contributed by atoms with Gasteiger partial charge in [0.1, 0.15) is 42.3 Å². The van der Waals surface area contributed by atoms with Crippen molar-refractivity contribution < 1.29 is 42.1 Å². The monoisotopic (exact) mass is 1130 g/mol. The van der Waals surface area contributed by atoms with E-state index in [1.54, 1.807) is 24.4 Å². The van der Waals surface area contributed by atoms with Gasteiger partial charge in [-0.05, 0) is 143 Å². The number of carbonyl (C=O) groups is 2. The van der Waals surface area contributed by atoms with E-state index >= 15 is 8.78 Å². The zero-order valence-electron chi connectivity index (χ0n) is 49.6. The number of ether oxygens (including phenoxy) is 5. The van der Waals surface area contributed by atoms with Crippen LogP contribution in [0.3, 0.4) is 0 Å². The number of carbonyl (C=O) groups excluding carboxylic acids is 2. The molecule has 2 atom stereocenters. The second kappa shape index (κ2) is 25.4. The lowest BCUT2D eigenvalue weighted by Crippen LogP contribution is -2.57. The van der Waals surface area contributed by atoms with Crippen molar-refractivity contribution in [2.45, 2.75) is 174 Å². The molecule has 18 heteroatoms. The highest BCUT2D eigenvalue weighted by atomic mass is 28.3. The van der Waals surface area contributed by atoms with Crippen molar-refractivity contribution in [1.29, 1.82) is 0 Å². The highest BCUT2D eigenvalue weighted by molar-refractivity contribution is 6.90. The number of halogens is 2. The van der Waals surface area contributed by atoms with Crippen LogP contribution in [0.4, 0.5) is 24.2 Å². The van der Waals surface area contributed by atoms with Crippen LogP contribution in [-0.2, 0) is 14.2 Å². The van der Waals surface area contributed by atoms with Gasteiger partial charge in [-0.2, -0.15) is 9.97 Å². The zero-order chi connectivity index (χ0) is 57.0. The van der Waals surface area contributed by atoms with Gasteiger partial charge in [0.25, 0.3) is 0 Å². The average molecular weight is 1130 g/mol. The molecular weight excluding hydrogens is 1040 g/mol. The third kappa shape index (κ3) is 14.2. The van der Waals surface area contributed by atoms with Crippen molar-refractivity contribution in [2.75, 3.05) is 77.8 Å². The first-order chi connectivity index (χ1) is 37.5. The van der Waals surface area contributed by atoms with Crippen molar-refractivity contribution in [3.05, 3.63) is 47.7 Å². The van der Waals surface area contributed by atoms with E-state index < -0.39 is 33.4 Å². The summed E-state index contributed by atoms with van der Waals surface area (Å²) in [6.07, 6.45) is 8.98. The molecule has 2 bridgehead atoms. The van der Waals surface area contributed by atoms with Gasteiger partial charge >= 0.3 is 18.2 Å². The molecule has 2 unspecified atom stereocenters.